The number of benzene rings is 1. The maximum atomic E-state index is 14.6. The summed E-state index contributed by atoms with van der Waals surface area (Å²) < 4.78 is 11.8. The number of rotatable bonds is 10. The Balaban J connectivity index is 1.44. The van der Waals surface area contributed by atoms with Gasteiger partial charge in [-0.25, -0.2) is 9.78 Å². The molecule has 4 N–H and O–H groups in total. The molecule has 0 spiro atoms. The van der Waals surface area contributed by atoms with Crippen LogP contribution >= 0.6 is 0 Å². The summed E-state index contributed by atoms with van der Waals surface area (Å²) in [4.78, 5) is 60.8. The standard InChI is InChI=1S/C35H50N6O6/c1-7-23-19-35(23,32(44)36-5)39-29(42)27-18-25(47-30-26-14-13-24(46-6)17-22(26)15-16-37-30)20-41(27)31(43)28(21-11-9-8-10-12-21)38-33(45)40-34(2,3)4/h13-17,21,23,25,27-28H,7-12,18-20H2,1-6H3,(H,36,44)(H,39,42)(H2,38,40,45)/t23-,25-,27+,28+,35-/m1/s1. The largest absolute Gasteiger partial charge is 0.497 e. The molecule has 3 fully saturated rings. The summed E-state index contributed by atoms with van der Waals surface area (Å²) in [6.07, 6.45) is 7.21. The van der Waals surface area contributed by atoms with Gasteiger partial charge in [0.2, 0.25) is 23.6 Å². The van der Waals surface area contributed by atoms with Crippen LogP contribution in [0.1, 0.15) is 79.1 Å². The third kappa shape index (κ3) is 7.57. The van der Waals surface area contributed by atoms with E-state index in [2.05, 4.69) is 26.3 Å². The number of pyridine rings is 1. The number of ether oxygens (including phenoxy) is 2. The zero-order valence-corrected chi connectivity index (χ0v) is 28.5. The second kappa shape index (κ2) is 13.9. The number of methoxy groups -OCH3 is 1. The van der Waals surface area contributed by atoms with E-state index in [0.717, 1.165) is 49.3 Å². The predicted octanol–water partition coefficient (Wildman–Crippen LogP) is 3.67. The van der Waals surface area contributed by atoms with E-state index in [-0.39, 0.29) is 36.6 Å². The molecule has 0 bridgehead atoms. The van der Waals surface area contributed by atoms with Crippen LogP contribution in [-0.2, 0) is 14.4 Å². The van der Waals surface area contributed by atoms with Gasteiger partial charge < -0.3 is 35.6 Å². The average Bonchev–Trinajstić information content (AvgIpc) is 3.60. The lowest BCUT2D eigenvalue weighted by Crippen LogP contribution is -2.60. The molecule has 1 saturated heterocycles. The lowest BCUT2D eigenvalue weighted by atomic mass is 9.83. The van der Waals surface area contributed by atoms with Gasteiger partial charge in [-0.3, -0.25) is 14.4 Å². The summed E-state index contributed by atoms with van der Waals surface area (Å²) in [7, 11) is 3.17. The first-order valence-corrected chi connectivity index (χ1v) is 16.9. The van der Waals surface area contributed by atoms with Gasteiger partial charge in [-0.2, -0.15) is 0 Å². The molecule has 47 heavy (non-hydrogen) atoms. The molecular weight excluding hydrogens is 600 g/mol. The van der Waals surface area contributed by atoms with E-state index < -0.39 is 41.2 Å². The van der Waals surface area contributed by atoms with Crippen LogP contribution in [0.4, 0.5) is 4.79 Å². The highest BCUT2D eigenvalue weighted by Gasteiger charge is 2.60. The van der Waals surface area contributed by atoms with Crippen molar-refractivity contribution in [3.63, 3.8) is 0 Å². The first-order valence-electron chi connectivity index (χ1n) is 16.9. The maximum Gasteiger partial charge on any atom is 0.315 e. The van der Waals surface area contributed by atoms with Crippen molar-refractivity contribution >= 4 is 34.5 Å². The minimum absolute atomic E-state index is 0.0126. The van der Waals surface area contributed by atoms with E-state index >= 15 is 0 Å². The molecule has 0 unspecified atom stereocenters. The fourth-order valence-electron chi connectivity index (χ4n) is 7.26. The molecule has 5 amide bonds. The molecule has 2 aromatic rings. The Morgan fingerprint density at radius 1 is 1.11 bits per heavy atom. The molecule has 2 aliphatic carbocycles. The topological polar surface area (TPSA) is 151 Å². The number of fused-ring (bicyclic) bond motifs is 1. The highest BCUT2D eigenvalue weighted by molar-refractivity contribution is 5.98. The molecule has 1 aromatic heterocycles. The van der Waals surface area contributed by atoms with E-state index in [4.69, 9.17) is 9.47 Å². The van der Waals surface area contributed by atoms with E-state index in [1.165, 1.54) is 0 Å². The van der Waals surface area contributed by atoms with Crippen molar-refractivity contribution < 1.29 is 28.7 Å². The van der Waals surface area contributed by atoms with Gasteiger partial charge in [0.1, 0.15) is 29.5 Å². The van der Waals surface area contributed by atoms with Crippen LogP contribution in [0.3, 0.4) is 0 Å². The number of hydrogen-bond donors (Lipinski definition) is 4. The van der Waals surface area contributed by atoms with Crippen LogP contribution in [0.2, 0.25) is 0 Å². The fourth-order valence-corrected chi connectivity index (χ4v) is 7.26. The SMILES string of the molecule is CC[C@@H]1C[C@]1(NC(=O)[C@@H]1C[C@@H](Oc2nccc3cc(OC)ccc23)CN1C(=O)[C@@H](NC(=O)NC(C)(C)C)C1CCCCC1)C(=O)NC. The fraction of sp³-hybridized carbons (Fsp3) is 0.629. The Hall–Kier alpha value is -4.09. The normalized spacial score (nSPS) is 25.1. The molecule has 12 nitrogen and oxygen atoms in total. The molecule has 5 rings (SSSR count). The summed E-state index contributed by atoms with van der Waals surface area (Å²) >= 11 is 0. The van der Waals surface area contributed by atoms with Crippen molar-refractivity contribution in [2.75, 3.05) is 20.7 Å². The maximum absolute atomic E-state index is 14.6. The Kier molecular flexibility index (Phi) is 10.2. The highest BCUT2D eigenvalue weighted by Crippen LogP contribution is 2.46. The summed E-state index contributed by atoms with van der Waals surface area (Å²) in [5, 5.41) is 13.3. The van der Waals surface area contributed by atoms with Crippen LogP contribution in [0.15, 0.2) is 30.5 Å². The number of aromatic nitrogens is 1. The molecule has 0 radical (unpaired) electrons. The minimum Gasteiger partial charge on any atom is -0.497 e. The molecule has 256 valence electrons. The van der Waals surface area contributed by atoms with Gasteiger partial charge in [-0.1, -0.05) is 32.6 Å². The highest BCUT2D eigenvalue weighted by atomic mass is 16.5. The van der Waals surface area contributed by atoms with Gasteiger partial charge in [0.15, 0.2) is 0 Å². The molecule has 1 aliphatic heterocycles. The number of nitrogens with one attached hydrogen (secondary N) is 4. The van der Waals surface area contributed by atoms with Crippen LogP contribution in [0.25, 0.3) is 10.8 Å². The first-order chi connectivity index (χ1) is 22.4. The molecule has 2 saturated carbocycles. The van der Waals surface area contributed by atoms with Crippen LogP contribution in [0, 0.1) is 11.8 Å². The second-order valence-electron chi connectivity index (χ2n) is 14.3. The zero-order chi connectivity index (χ0) is 33.9. The van der Waals surface area contributed by atoms with Crippen molar-refractivity contribution in [2.45, 2.75) is 108 Å². The van der Waals surface area contributed by atoms with Crippen LogP contribution < -0.4 is 30.7 Å². The number of urea groups is 1. The summed E-state index contributed by atoms with van der Waals surface area (Å²) in [6.45, 7) is 7.77. The number of amides is 5. The third-order valence-corrected chi connectivity index (χ3v) is 9.80. The van der Waals surface area contributed by atoms with E-state index in [1.807, 2.05) is 52.0 Å². The number of hydrogen-bond acceptors (Lipinski definition) is 7. The van der Waals surface area contributed by atoms with E-state index in [9.17, 15) is 19.2 Å². The van der Waals surface area contributed by atoms with Crippen LogP contribution in [-0.4, -0.2) is 83.6 Å². The third-order valence-electron chi connectivity index (χ3n) is 9.80. The van der Waals surface area contributed by atoms with Crippen molar-refractivity contribution in [1.29, 1.82) is 0 Å². The van der Waals surface area contributed by atoms with Gasteiger partial charge in [-0.15, -0.1) is 0 Å². The Labute approximate surface area is 277 Å². The van der Waals surface area contributed by atoms with Gasteiger partial charge in [-0.05, 0) is 81.5 Å². The van der Waals surface area contributed by atoms with Crippen molar-refractivity contribution in [2.24, 2.45) is 11.8 Å². The lowest BCUT2D eigenvalue weighted by Gasteiger charge is -2.35. The summed E-state index contributed by atoms with van der Waals surface area (Å²) in [5.41, 5.74) is -1.50. The quantitative estimate of drug-likeness (QED) is 0.306. The number of likely N-dealkylation sites (N-methyl/N-ethyl adjacent to an activating group) is 1. The minimum atomic E-state index is -1.00. The summed E-state index contributed by atoms with van der Waals surface area (Å²) in [5.74, 6) is 0.0868. The molecular formula is C35H50N6O6. The number of nitrogens with zero attached hydrogens (tertiary/aromatic N) is 2. The van der Waals surface area contributed by atoms with Crippen molar-refractivity contribution in [3.05, 3.63) is 30.5 Å². The number of carbonyl (C=O) groups excluding carboxylic acids is 4. The number of likely N-dealkylation sites (tertiary alicyclic amines) is 1. The van der Waals surface area contributed by atoms with E-state index in [1.54, 1.807) is 25.3 Å². The smallest absolute Gasteiger partial charge is 0.315 e. The Morgan fingerprint density at radius 3 is 2.49 bits per heavy atom. The van der Waals surface area contributed by atoms with Gasteiger partial charge in [0, 0.05) is 30.6 Å². The molecule has 5 atom stereocenters. The van der Waals surface area contributed by atoms with Gasteiger partial charge in [0.25, 0.3) is 0 Å². The Bertz CT molecular complexity index is 1490. The molecule has 3 aliphatic rings. The van der Waals surface area contributed by atoms with Crippen molar-refractivity contribution in [3.8, 4) is 11.6 Å². The van der Waals surface area contributed by atoms with Gasteiger partial charge >= 0.3 is 6.03 Å². The Morgan fingerprint density at radius 2 is 1.85 bits per heavy atom. The number of carbonyl (C=O) groups is 4. The first kappa shape index (κ1) is 34.3. The molecule has 2 heterocycles. The summed E-state index contributed by atoms with van der Waals surface area (Å²) in [6, 6.07) is 5.33. The predicted molar refractivity (Wildman–Crippen MR) is 178 cm³/mol. The zero-order valence-electron chi connectivity index (χ0n) is 28.5. The average molecular weight is 651 g/mol. The van der Waals surface area contributed by atoms with Gasteiger partial charge in [0.05, 0.1) is 13.7 Å². The monoisotopic (exact) mass is 650 g/mol. The second-order valence-corrected chi connectivity index (χ2v) is 14.3. The molecule has 12 heteroatoms. The molecule has 1 aromatic carbocycles. The van der Waals surface area contributed by atoms with Crippen LogP contribution in [0.5, 0.6) is 11.6 Å². The van der Waals surface area contributed by atoms with Crippen molar-refractivity contribution in [1.82, 2.24) is 31.2 Å². The van der Waals surface area contributed by atoms with E-state index in [0.29, 0.717) is 18.1 Å². The lowest BCUT2D eigenvalue weighted by molar-refractivity contribution is -0.142.